The molecule has 0 saturated carbocycles. The molecule has 0 atom stereocenters. The Hall–Kier alpha value is -0.790. The second-order valence-corrected chi connectivity index (χ2v) is 9.11. The van der Waals surface area contributed by atoms with Gasteiger partial charge in [0.2, 0.25) is 10.0 Å². The van der Waals surface area contributed by atoms with Crippen molar-refractivity contribution in [3.63, 3.8) is 0 Å². The van der Waals surface area contributed by atoms with Gasteiger partial charge in [-0.15, -0.1) is 0 Å². The fourth-order valence-electron chi connectivity index (χ4n) is 2.62. The summed E-state index contributed by atoms with van der Waals surface area (Å²) in [5.41, 5.74) is 0.949. The molecular formula is C16H15BrCl2N2O2S. The zero-order chi connectivity index (χ0) is 17.3. The van der Waals surface area contributed by atoms with Crippen LogP contribution in [0.2, 0.25) is 10.0 Å². The molecule has 0 N–H and O–H groups in total. The van der Waals surface area contributed by atoms with Crippen molar-refractivity contribution >= 4 is 54.8 Å². The molecular weight excluding hydrogens is 435 g/mol. The third-order valence-electron chi connectivity index (χ3n) is 3.96. The topological polar surface area (TPSA) is 40.6 Å². The van der Waals surface area contributed by atoms with Crippen molar-refractivity contribution in [3.8, 4) is 0 Å². The molecule has 0 unspecified atom stereocenters. The molecule has 0 aromatic heterocycles. The van der Waals surface area contributed by atoms with Gasteiger partial charge < -0.3 is 4.90 Å². The van der Waals surface area contributed by atoms with Crippen LogP contribution in [0.5, 0.6) is 0 Å². The van der Waals surface area contributed by atoms with Crippen molar-refractivity contribution in [3.05, 3.63) is 57.0 Å². The van der Waals surface area contributed by atoms with Crippen molar-refractivity contribution in [2.45, 2.75) is 4.90 Å². The van der Waals surface area contributed by atoms with E-state index in [2.05, 4.69) is 20.8 Å². The Labute approximate surface area is 160 Å². The van der Waals surface area contributed by atoms with E-state index < -0.39 is 10.0 Å². The van der Waals surface area contributed by atoms with Gasteiger partial charge in [-0.3, -0.25) is 0 Å². The minimum Gasteiger partial charge on any atom is -0.369 e. The van der Waals surface area contributed by atoms with Crippen LogP contribution in [0.1, 0.15) is 0 Å². The highest BCUT2D eigenvalue weighted by atomic mass is 79.9. The molecule has 0 radical (unpaired) electrons. The lowest BCUT2D eigenvalue weighted by atomic mass is 10.2. The van der Waals surface area contributed by atoms with Gasteiger partial charge in [-0.25, -0.2) is 8.42 Å². The molecule has 2 aromatic carbocycles. The molecule has 8 heteroatoms. The lowest BCUT2D eigenvalue weighted by Gasteiger charge is -2.35. The molecule has 4 nitrogen and oxygen atoms in total. The minimum atomic E-state index is -3.46. The molecule has 0 spiro atoms. The van der Waals surface area contributed by atoms with Crippen LogP contribution in [0.4, 0.5) is 5.69 Å². The van der Waals surface area contributed by atoms with E-state index in [0.29, 0.717) is 41.1 Å². The van der Waals surface area contributed by atoms with E-state index in [1.165, 1.54) is 4.31 Å². The molecule has 128 valence electrons. The van der Waals surface area contributed by atoms with Crippen molar-refractivity contribution in [2.24, 2.45) is 0 Å². The number of halogens is 3. The normalized spacial score (nSPS) is 16.4. The number of benzene rings is 2. The molecule has 0 aliphatic carbocycles. The van der Waals surface area contributed by atoms with E-state index in [9.17, 15) is 8.42 Å². The predicted molar refractivity (Wildman–Crippen MR) is 102 cm³/mol. The number of rotatable bonds is 3. The summed E-state index contributed by atoms with van der Waals surface area (Å²) in [5, 5.41) is 1.01. The van der Waals surface area contributed by atoms with Crippen LogP contribution < -0.4 is 4.90 Å². The summed E-state index contributed by atoms with van der Waals surface area (Å²) in [6.07, 6.45) is 0. The highest BCUT2D eigenvalue weighted by molar-refractivity contribution is 9.10. The van der Waals surface area contributed by atoms with E-state index in [1.54, 1.807) is 30.3 Å². The smallest absolute Gasteiger partial charge is 0.243 e. The lowest BCUT2D eigenvalue weighted by Crippen LogP contribution is -2.48. The predicted octanol–water partition coefficient (Wildman–Crippen LogP) is 4.27. The highest BCUT2D eigenvalue weighted by Crippen LogP contribution is 2.28. The zero-order valence-electron chi connectivity index (χ0n) is 12.6. The van der Waals surface area contributed by atoms with Crippen molar-refractivity contribution in [1.29, 1.82) is 0 Å². The molecule has 24 heavy (non-hydrogen) atoms. The third-order valence-corrected chi connectivity index (χ3v) is 7.14. The van der Waals surface area contributed by atoms with Gasteiger partial charge in [0, 0.05) is 36.3 Å². The van der Waals surface area contributed by atoms with Gasteiger partial charge in [-0.2, -0.15) is 4.31 Å². The first kappa shape index (κ1) is 18.0. The standard InChI is InChI=1S/C16H15BrCl2N2O2S/c17-12-1-4-14(5-2-12)24(22,23)21-9-7-20(8-10-21)13-3-6-15(18)16(19)11-13/h1-6,11H,7-10H2. The van der Waals surface area contributed by atoms with Crippen LogP contribution in [0.25, 0.3) is 0 Å². The Kier molecular flexibility index (Phi) is 5.42. The number of nitrogens with zero attached hydrogens (tertiary/aromatic N) is 2. The number of anilines is 1. The van der Waals surface area contributed by atoms with Crippen molar-refractivity contribution < 1.29 is 8.42 Å². The zero-order valence-corrected chi connectivity index (χ0v) is 16.5. The first-order valence-electron chi connectivity index (χ1n) is 7.33. The highest BCUT2D eigenvalue weighted by Gasteiger charge is 2.28. The second kappa shape index (κ2) is 7.22. The van der Waals surface area contributed by atoms with E-state index in [4.69, 9.17) is 23.2 Å². The molecule has 3 rings (SSSR count). The first-order valence-corrected chi connectivity index (χ1v) is 10.3. The van der Waals surface area contributed by atoms with E-state index in [1.807, 2.05) is 12.1 Å². The maximum atomic E-state index is 12.7. The number of sulfonamides is 1. The van der Waals surface area contributed by atoms with Gasteiger partial charge in [0.25, 0.3) is 0 Å². The van der Waals surface area contributed by atoms with Crippen LogP contribution in [0.3, 0.4) is 0 Å². The average Bonchev–Trinajstić information content (AvgIpc) is 2.58. The SMILES string of the molecule is O=S(=O)(c1ccc(Br)cc1)N1CCN(c2ccc(Cl)c(Cl)c2)CC1. The molecule has 1 fully saturated rings. The van der Waals surface area contributed by atoms with Gasteiger partial charge in [-0.05, 0) is 42.5 Å². The largest absolute Gasteiger partial charge is 0.369 e. The Morgan fingerprint density at radius 2 is 1.50 bits per heavy atom. The fourth-order valence-corrected chi connectivity index (χ4v) is 4.60. The van der Waals surface area contributed by atoms with Gasteiger partial charge in [0.1, 0.15) is 0 Å². The quantitative estimate of drug-likeness (QED) is 0.702. The Bertz CT molecular complexity index is 836. The third kappa shape index (κ3) is 3.73. The van der Waals surface area contributed by atoms with Gasteiger partial charge in [0.15, 0.2) is 0 Å². The van der Waals surface area contributed by atoms with Crippen LogP contribution in [-0.4, -0.2) is 38.9 Å². The maximum Gasteiger partial charge on any atom is 0.243 e. The Morgan fingerprint density at radius 1 is 0.875 bits per heavy atom. The molecule has 2 aromatic rings. The molecule has 1 heterocycles. The molecule has 1 aliphatic rings. The lowest BCUT2D eigenvalue weighted by molar-refractivity contribution is 0.385. The number of piperazine rings is 1. The minimum absolute atomic E-state index is 0.314. The van der Waals surface area contributed by atoms with Crippen LogP contribution in [-0.2, 0) is 10.0 Å². The molecule has 1 aliphatic heterocycles. The summed E-state index contributed by atoms with van der Waals surface area (Å²) in [4.78, 5) is 2.42. The van der Waals surface area contributed by atoms with Crippen molar-refractivity contribution in [2.75, 3.05) is 31.1 Å². The van der Waals surface area contributed by atoms with Crippen LogP contribution in [0.15, 0.2) is 51.8 Å². The maximum absolute atomic E-state index is 12.7. The summed E-state index contributed by atoms with van der Waals surface area (Å²) >= 11 is 15.3. The second-order valence-electron chi connectivity index (χ2n) is 5.44. The summed E-state index contributed by atoms with van der Waals surface area (Å²) in [6.45, 7) is 2.07. The monoisotopic (exact) mass is 448 g/mol. The Balaban J connectivity index is 1.72. The van der Waals surface area contributed by atoms with E-state index in [-0.39, 0.29) is 0 Å². The summed E-state index contributed by atoms with van der Waals surface area (Å²) < 4.78 is 27.8. The van der Waals surface area contributed by atoms with Gasteiger partial charge in [0.05, 0.1) is 14.9 Å². The fraction of sp³-hybridized carbons (Fsp3) is 0.250. The molecule has 0 bridgehead atoms. The Morgan fingerprint density at radius 3 is 2.08 bits per heavy atom. The summed E-state index contributed by atoms with van der Waals surface area (Å²) in [5.74, 6) is 0. The summed E-state index contributed by atoms with van der Waals surface area (Å²) in [7, 11) is -3.46. The molecule has 1 saturated heterocycles. The average molecular weight is 450 g/mol. The first-order chi connectivity index (χ1) is 11.4. The van der Waals surface area contributed by atoms with Gasteiger partial charge >= 0.3 is 0 Å². The van der Waals surface area contributed by atoms with Crippen LogP contribution >= 0.6 is 39.1 Å². The number of hydrogen-bond acceptors (Lipinski definition) is 3. The van der Waals surface area contributed by atoms with E-state index in [0.717, 1.165) is 10.2 Å². The van der Waals surface area contributed by atoms with E-state index >= 15 is 0 Å². The summed E-state index contributed by atoms with van der Waals surface area (Å²) in [6, 6.07) is 12.2. The van der Waals surface area contributed by atoms with Crippen molar-refractivity contribution in [1.82, 2.24) is 4.31 Å². The van der Waals surface area contributed by atoms with Gasteiger partial charge in [-0.1, -0.05) is 39.1 Å². The van der Waals surface area contributed by atoms with Crippen LogP contribution in [0, 0.1) is 0 Å². The number of hydrogen-bond donors (Lipinski definition) is 0. The molecule has 0 amide bonds.